The largest absolute Gasteiger partial charge is 0.438 e. The number of aliphatic hydroxyl groups is 5. The summed E-state index contributed by atoms with van der Waals surface area (Å²) in [6.07, 6.45) is -10.7. The normalized spacial score (nSPS) is 48.5. The van der Waals surface area contributed by atoms with E-state index in [4.69, 9.17) is 18.9 Å². The smallest absolute Gasteiger partial charge is 0.409 e. The van der Waals surface area contributed by atoms with E-state index >= 15 is 0 Å². The van der Waals surface area contributed by atoms with Crippen molar-refractivity contribution in [3.63, 3.8) is 0 Å². The van der Waals surface area contributed by atoms with Gasteiger partial charge in [-0.25, -0.2) is 4.79 Å². The van der Waals surface area contributed by atoms with E-state index in [-0.39, 0.29) is 6.42 Å². The highest BCUT2D eigenvalue weighted by atomic mass is 16.7. The molecule has 9 atom stereocenters. The van der Waals surface area contributed by atoms with E-state index in [9.17, 15) is 30.3 Å². The van der Waals surface area contributed by atoms with Crippen LogP contribution < -0.4 is 5.32 Å². The first-order valence-corrected chi connectivity index (χ1v) is 7.64. The van der Waals surface area contributed by atoms with Crippen LogP contribution in [-0.2, 0) is 18.9 Å². The SMILES string of the molecule is O=C1N[C@@H]2O[C@H](CO)[C@@H](O[C@H]3C[C@@H](O)[C@@H](O)[C@@H](CO)O3)[C@H](O)[C@H]2O1. The fourth-order valence-corrected chi connectivity index (χ4v) is 3.09. The quantitative estimate of drug-likeness (QED) is 0.297. The van der Waals surface area contributed by atoms with Crippen LogP contribution in [0.25, 0.3) is 0 Å². The molecule has 11 heteroatoms. The average molecular weight is 351 g/mol. The minimum atomic E-state index is -1.31. The van der Waals surface area contributed by atoms with Crippen molar-refractivity contribution < 1.29 is 49.3 Å². The number of ether oxygens (including phenoxy) is 4. The number of hydrogen-bond acceptors (Lipinski definition) is 10. The van der Waals surface area contributed by atoms with Crippen LogP contribution in [0.5, 0.6) is 0 Å². The third kappa shape index (κ3) is 3.21. The van der Waals surface area contributed by atoms with Crippen LogP contribution >= 0.6 is 0 Å². The molecule has 3 aliphatic rings. The van der Waals surface area contributed by atoms with E-state index in [1.807, 2.05) is 0 Å². The van der Waals surface area contributed by atoms with E-state index in [0.29, 0.717) is 0 Å². The summed E-state index contributed by atoms with van der Waals surface area (Å²) in [5.41, 5.74) is 0. The summed E-state index contributed by atoms with van der Waals surface area (Å²) in [5.74, 6) is 0. The Bertz CT molecular complexity index is 464. The molecule has 0 spiro atoms. The zero-order valence-electron chi connectivity index (χ0n) is 12.6. The number of carbonyl (C=O) groups is 1. The minimum absolute atomic E-state index is 0.106. The van der Waals surface area contributed by atoms with E-state index in [0.717, 1.165) is 0 Å². The summed E-state index contributed by atoms with van der Waals surface area (Å²) < 4.78 is 21.3. The maximum Gasteiger partial charge on any atom is 0.409 e. The van der Waals surface area contributed by atoms with Crippen molar-refractivity contribution in [3.8, 4) is 0 Å². The summed E-state index contributed by atoms with van der Waals surface area (Å²) in [7, 11) is 0. The van der Waals surface area contributed by atoms with Crippen molar-refractivity contribution in [2.45, 2.75) is 61.7 Å². The van der Waals surface area contributed by atoms with Gasteiger partial charge in [0.25, 0.3) is 0 Å². The van der Waals surface area contributed by atoms with Gasteiger partial charge in [0.05, 0.1) is 19.3 Å². The lowest BCUT2D eigenvalue weighted by Crippen LogP contribution is -2.62. The Labute approximate surface area is 136 Å². The van der Waals surface area contributed by atoms with Crippen LogP contribution in [0.15, 0.2) is 0 Å². The summed E-state index contributed by atoms with van der Waals surface area (Å²) in [6, 6.07) is 0. The molecule has 3 saturated heterocycles. The Kier molecular flexibility index (Phi) is 5.22. The molecule has 1 amide bonds. The second-order valence-corrected chi connectivity index (χ2v) is 5.96. The zero-order valence-corrected chi connectivity index (χ0v) is 12.6. The van der Waals surface area contributed by atoms with Crippen molar-refractivity contribution in [1.82, 2.24) is 5.32 Å². The van der Waals surface area contributed by atoms with E-state index < -0.39 is 74.6 Å². The van der Waals surface area contributed by atoms with Crippen molar-refractivity contribution in [3.05, 3.63) is 0 Å². The second-order valence-electron chi connectivity index (χ2n) is 5.96. The fourth-order valence-electron chi connectivity index (χ4n) is 3.09. The highest BCUT2D eigenvalue weighted by molar-refractivity contribution is 5.70. The third-order valence-corrected chi connectivity index (χ3v) is 4.37. The standard InChI is InChI=1S/C13H21NO10/c15-2-5-8(18)4(17)1-7(21-5)23-10-6(3-16)22-12-11(9(10)19)24-13(20)14-12/h4-12,15-19H,1-3H2,(H,14,20)/t4-,5-,6-,7+,8-,9+,10-,11-,12-/m1/s1. The molecule has 0 saturated carbocycles. The van der Waals surface area contributed by atoms with Gasteiger partial charge in [0.2, 0.25) is 0 Å². The van der Waals surface area contributed by atoms with Gasteiger partial charge in [0.15, 0.2) is 18.6 Å². The van der Waals surface area contributed by atoms with Crippen LogP contribution in [-0.4, -0.2) is 100 Å². The van der Waals surface area contributed by atoms with Gasteiger partial charge in [-0.2, -0.15) is 0 Å². The molecule has 0 aromatic rings. The lowest BCUT2D eigenvalue weighted by atomic mass is 9.97. The van der Waals surface area contributed by atoms with Gasteiger partial charge in [-0.05, 0) is 0 Å². The number of carbonyl (C=O) groups excluding carboxylic acids is 1. The van der Waals surface area contributed by atoms with Gasteiger partial charge in [-0.1, -0.05) is 0 Å². The minimum Gasteiger partial charge on any atom is -0.438 e. The first-order chi connectivity index (χ1) is 11.4. The molecule has 11 nitrogen and oxygen atoms in total. The number of alkyl carbamates (subject to hydrolysis) is 1. The molecule has 3 rings (SSSR count). The number of aliphatic hydroxyl groups excluding tert-OH is 5. The first-order valence-electron chi connectivity index (χ1n) is 7.64. The summed E-state index contributed by atoms with van der Waals surface area (Å²) in [6.45, 7) is -1.03. The predicted molar refractivity (Wildman–Crippen MR) is 72.4 cm³/mol. The topological polar surface area (TPSA) is 167 Å². The van der Waals surface area contributed by atoms with Crippen LogP contribution in [0, 0.1) is 0 Å². The second kappa shape index (κ2) is 7.06. The molecule has 0 radical (unpaired) electrons. The Hall–Kier alpha value is -1.05. The summed E-state index contributed by atoms with van der Waals surface area (Å²) in [5, 5.41) is 50.9. The Morgan fingerprint density at radius 1 is 1.08 bits per heavy atom. The zero-order chi connectivity index (χ0) is 17.4. The molecule has 3 aliphatic heterocycles. The van der Waals surface area contributed by atoms with Crippen molar-refractivity contribution in [2.75, 3.05) is 13.2 Å². The Balaban J connectivity index is 1.69. The lowest BCUT2D eigenvalue weighted by molar-refractivity contribution is -0.311. The highest BCUT2D eigenvalue weighted by Gasteiger charge is 2.53. The molecule has 0 aliphatic carbocycles. The average Bonchev–Trinajstić information content (AvgIpc) is 2.93. The van der Waals surface area contributed by atoms with Crippen molar-refractivity contribution in [2.24, 2.45) is 0 Å². The fraction of sp³-hybridized carbons (Fsp3) is 0.923. The van der Waals surface area contributed by atoms with Gasteiger partial charge < -0.3 is 44.5 Å². The van der Waals surface area contributed by atoms with Gasteiger partial charge in [0.1, 0.15) is 30.5 Å². The number of amides is 1. The molecule has 3 fully saturated rings. The molecular formula is C13H21NO10. The number of nitrogens with one attached hydrogen (secondary N) is 1. The molecule has 0 unspecified atom stereocenters. The molecular weight excluding hydrogens is 330 g/mol. The maximum absolute atomic E-state index is 11.3. The van der Waals surface area contributed by atoms with Crippen molar-refractivity contribution in [1.29, 1.82) is 0 Å². The molecule has 138 valence electrons. The third-order valence-electron chi connectivity index (χ3n) is 4.37. The monoisotopic (exact) mass is 351 g/mol. The first kappa shape index (κ1) is 17.8. The van der Waals surface area contributed by atoms with Gasteiger partial charge in [-0.15, -0.1) is 0 Å². The molecule has 24 heavy (non-hydrogen) atoms. The van der Waals surface area contributed by atoms with Crippen LogP contribution in [0.4, 0.5) is 4.79 Å². The number of hydrogen-bond donors (Lipinski definition) is 6. The highest BCUT2D eigenvalue weighted by Crippen LogP contribution is 2.31. The molecule has 0 aromatic carbocycles. The predicted octanol–water partition coefficient (Wildman–Crippen LogP) is -3.61. The number of rotatable bonds is 4. The van der Waals surface area contributed by atoms with Crippen molar-refractivity contribution >= 4 is 6.09 Å². The van der Waals surface area contributed by atoms with E-state index in [2.05, 4.69) is 5.32 Å². The lowest BCUT2D eigenvalue weighted by Gasteiger charge is -2.43. The summed E-state index contributed by atoms with van der Waals surface area (Å²) >= 11 is 0. The Morgan fingerprint density at radius 3 is 2.46 bits per heavy atom. The van der Waals surface area contributed by atoms with E-state index in [1.54, 1.807) is 0 Å². The van der Waals surface area contributed by atoms with Crippen LogP contribution in [0.1, 0.15) is 6.42 Å². The molecule has 6 N–H and O–H groups in total. The van der Waals surface area contributed by atoms with E-state index in [1.165, 1.54) is 0 Å². The molecule has 0 bridgehead atoms. The van der Waals surface area contributed by atoms with Gasteiger partial charge in [0, 0.05) is 6.42 Å². The molecule has 0 aromatic heterocycles. The maximum atomic E-state index is 11.3. The number of fused-ring (bicyclic) bond motifs is 1. The van der Waals surface area contributed by atoms with Gasteiger partial charge in [-0.3, -0.25) is 5.32 Å². The summed E-state index contributed by atoms with van der Waals surface area (Å²) in [4.78, 5) is 11.3. The Morgan fingerprint density at radius 2 is 1.79 bits per heavy atom. The van der Waals surface area contributed by atoms with Crippen LogP contribution in [0.3, 0.4) is 0 Å². The van der Waals surface area contributed by atoms with Crippen LogP contribution in [0.2, 0.25) is 0 Å². The molecule has 3 heterocycles. The van der Waals surface area contributed by atoms with Gasteiger partial charge >= 0.3 is 6.09 Å².